The second kappa shape index (κ2) is 10.5. The Labute approximate surface area is 209 Å². The predicted molar refractivity (Wildman–Crippen MR) is 128 cm³/mol. The summed E-state index contributed by atoms with van der Waals surface area (Å²) in [6, 6.07) is 4.14. The van der Waals surface area contributed by atoms with Crippen molar-refractivity contribution < 1.29 is 33.4 Å². The van der Waals surface area contributed by atoms with E-state index in [9.17, 15) is 19.2 Å². The Bertz CT molecular complexity index is 1100. The highest BCUT2D eigenvalue weighted by Gasteiger charge is 2.45. The lowest BCUT2D eigenvalue weighted by atomic mass is 9.94. The minimum atomic E-state index is -0.760. The van der Waals surface area contributed by atoms with E-state index in [-0.39, 0.29) is 49.4 Å². The standard InChI is InChI=1S/C25H32N4O7/c1-5-36-24(32)15-8-7-11-28(12-15)19(30)14-29-13-17-20(23(29)31)21(26-25(33)27(17)2)16-9-6-10-18(34-3)22(16)35-4/h6,9-10,15,21H,5,7-8,11-14H2,1-4H3,(H,26,33)/t15-,21+/m1/s1. The predicted octanol–water partition coefficient (Wildman–Crippen LogP) is 1.30. The first-order valence-electron chi connectivity index (χ1n) is 12.0. The molecule has 36 heavy (non-hydrogen) atoms. The van der Waals surface area contributed by atoms with Crippen molar-refractivity contribution in [1.82, 2.24) is 20.0 Å². The van der Waals surface area contributed by atoms with Crippen molar-refractivity contribution in [3.63, 3.8) is 0 Å². The zero-order valence-corrected chi connectivity index (χ0v) is 21.0. The summed E-state index contributed by atoms with van der Waals surface area (Å²) in [7, 11) is 4.61. The monoisotopic (exact) mass is 500 g/mol. The normalized spacial score (nSPS) is 21.8. The summed E-state index contributed by atoms with van der Waals surface area (Å²) < 4.78 is 16.1. The Morgan fingerprint density at radius 3 is 2.64 bits per heavy atom. The first-order chi connectivity index (χ1) is 17.3. The summed E-state index contributed by atoms with van der Waals surface area (Å²) in [5.74, 6) is -0.341. The lowest BCUT2D eigenvalue weighted by Crippen LogP contribution is -2.47. The van der Waals surface area contributed by atoms with Crippen LogP contribution in [0, 0.1) is 5.92 Å². The minimum absolute atomic E-state index is 0.127. The number of hydrogen-bond acceptors (Lipinski definition) is 7. The van der Waals surface area contributed by atoms with Gasteiger partial charge in [0.15, 0.2) is 11.5 Å². The van der Waals surface area contributed by atoms with E-state index in [1.807, 2.05) is 0 Å². The van der Waals surface area contributed by atoms with Crippen LogP contribution < -0.4 is 14.8 Å². The van der Waals surface area contributed by atoms with Crippen LogP contribution in [-0.4, -0.2) is 92.6 Å². The number of benzene rings is 1. The smallest absolute Gasteiger partial charge is 0.322 e. The largest absolute Gasteiger partial charge is 0.493 e. The molecule has 0 aromatic heterocycles. The number of methoxy groups -OCH3 is 2. The number of nitrogens with zero attached hydrogens (tertiary/aromatic N) is 3. The van der Waals surface area contributed by atoms with Gasteiger partial charge in [-0.05, 0) is 25.8 Å². The van der Waals surface area contributed by atoms with Crippen molar-refractivity contribution in [3.8, 4) is 11.5 Å². The van der Waals surface area contributed by atoms with E-state index >= 15 is 0 Å². The molecule has 3 aliphatic rings. The van der Waals surface area contributed by atoms with Crippen LogP contribution in [0.5, 0.6) is 11.5 Å². The molecule has 1 aromatic rings. The first-order valence-corrected chi connectivity index (χ1v) is 12.0. The molecular formula is C25H32N4O7. The zero-order chi connectivity index (χ0) is 26.0. The molecule has 3 heterocycles. The molecule has 0 bridgehead atoms. The molecule has 1 aromatic carbocycles. The number of carbonyl (C=O) groups excluding carboxylic acids is 4. The van der Waals surface area contributed by atoms with E-state index in [4.69, 9.17) is 14.2 Å². The molecule has 11 heteroatoms. The van der Waals surface area contributed by atoms with Gasteiger partial charge in [-0.2, -0.15) is 0 Å². The van der Waals surface area contributed by atoms with E-state index in [1.54, 1.807) is 37.1 Å². The molecule has 11 nitrogen and oxygen atoms in total. The lowest BCUT2D eigenvalue weighted by Gasteiger charge is -2.32. The molecule has 0 saturated carbocycles. The number of carbonyl (C=O) groups is 4. The Morgan fingerprint density at radius 1 is 1.17 bits per heavy atom. The topological polar surface area (TPSA) is 118 Å². The molecule has 1 saturated heterocycles. The van der Waals surface area contributed by atoms with Gasteiger partial charge in [-0.25, -0.2) is 4.79 Å². The SMILES string of the molecule is CCOC(=O)[C@@H]1CCCN(C(=O)CN2CC3=C(C2=O)[C@H](c2cccc(OC)c2OC)NC(=O)N3C)C1. The Morgan fingerprint density at radius 2 is 1.94 bits per heavy atom. The minimum Gasteiger partial charge on any atom is -0.493 e. The Hall–Kier alpha value is -3.76. The maximum Gasteiger partial charge on any atom is 0.322 e. The Balaban J connectivity index is 1.55. The summed E-state index contributed by atoms with van der Waals surface area (Å²) in [6.45, 7) is 2.82. The molecular weight excluding hydrogens is 468 g/mol. The fourth-order valence-corrected chi connectivity index (χ4v) is 5.04. The van der Waals surface area contributed by atoms with Crippen molar-refractivity contribution in [2.24, 2.45) is 5.92 Å². The van der Waals surface area contributed by atoms with Crippen LogP contribution in [0.25, 0.3) is 0 Å². The number of hydrogen-bond donors (Lipinski definition) is 1. The fraction of sp³-hybridized carbons (Fsp3) is 0.520. The van der Waals surface area contributed by atoms with Gasteiger partial charge < -0.3 is 29.3 Å². The average Bonchev–Trinajstić information content (AvgIpc) is 3.21. The maximum atomic E-state index is 13.6. The summed E-state index contributed by atoms with van der Waals surface area (Å²) in [5.41, 5.74) is 1.51. The summed E-state index contributed by atoms with van der Waals surface area (Å²) >= 11 is 0. The summed E-state index contributed by atoms with van der Waals surface area (Å²) in [4.78, 5) is 56.1. The van der Waals surface area contributed by atoms with Crippen molar-refractivity contribution in [3.05, 3.63) is 35.0 Å². The van der Waals surface area contributed by atoms with Gasteiger partial charge >= 0.3 is 12.0 Å². The van der Waals surface area contributed by atoms with Gasteiger partial charge in [-0.1, -0.05) is 12.1 Å². The molecule has 194 valence electrons. The van der Waals surface area contributed by atoms with Gasteiger partial charge in [-0.3, -0.25) is 19.3 Å². The highest BCUT2D eigenvalue weighted by Crippen LogP contribution is 2.42. The number of urea groups is 1. The number of likely N-dealkylation sites (N-methyl/N-ethyl adjacent to an activating group) is 1. The van der Waals surface area contributed by atoms with Gasteiger partial charge in [0.25, 0.3) is 5.91 Å². The maximum absolute atomic E-state index is 13.6. The first kappa shape index (κ1) is 25.3. The van der Waals surface area contributed by atoms with Crippen LogP contribution >= 0.6 is 0 Å². The van der Waals surface area contributed by atoms with Gasteiger partial charge in [0.1, 0.15) is 6.54 Å². The van der Waals surface area contributed by atoms with Crippen LogP contribution in [-0.2, 0) is 19.1 Å². The third-order valence-corrected chi connectivity index (χ3v) is 6.90. The van der Waals surface area contributed by atoms with E-state index in [0.717, 1.165) is 0 Å². The van der Waals surface area contributed by atoms with Gasteiger partial charge in [0, 0.05) is 25.7 Å². The summed E-state index contributed by atoms with van der Waals surface area (Å²) in [5, 5.41) is 2.88. The number of amides is 4. The molecule has 1 fully saturated rings. The average molecular weight is 501 g/mol. The Kier molecular flexibility index (Phi) is 7.37. The number of para-hydroxylation sites is 1. The number of ether oxygens (including phenoxy) is 3. The van der Waals surface area contributed by atoms with E-state index in [0.29, 0.717) is 54.3 Å². The number of likely N-dealkylation sites (tertiary alicyclic amines) is 1. The number of rotatable bonds is 7. The van der Waals surface area contributed by atoms with Crippen LogP contribution in [0.3, 0.4) is 0 Å². The van der Waals surface area contributed by atoms with Crippen LogP contribution in [0.15, 0.2) is 29.5 Å². The van der Waals surface area contributed by atoms with E-state index in [1.165, 1.54) is 24.0 Å². The van der Waals surface area contributed by atoms with E-state index < -0.39 is 6.04 Å². The third-order valence-electron chi connectivity index (χ3n) is 6.90. The van der Waals surface area contributed by atoms with E-state index in [2.05, 4.69) is 5.32 Å². The van der Waals surface area contributed by atoms with Crippen LogP contribution in [0.2, 0.25) is 0 Å². The molecule has 1 N–H and O–H groups in total. The van der Waals surface area contributed by atoms with Gasteiger partial charge in [0.05, 0.1) is 50.6 Å². The number of nitrogens with one attached hydrogen (secondary N) is 1. The van der Waals surface area contributed by atoms with Gasteiger partial charge in [0.2, 0.25) is 5.91 Å². The van der Waals surface area contributed by atoms with Crippen LogP contribution in [0.1, 0.15) is 31.4 Å². The molecule has 2 atom stereocenters. The second-order valence-electron chi connectivity index (χ2n) is 8.98. The quantitative estimate of drug-likeness (QED) is 0.561. The van der Waals surface area contributed by atoms with Crippen LogP contribution in [0.4, 0.5) is 4.79 Å². The van der Waals surface area contributed by atoms with Gasteiger partial charge in [-0.15, -0.1) is 0 Å². The number of piperidine rings is 1. The summed E-state index contributed by atoms with van der Waals surface area (Å²) in [6.07, 6.45) is 1.36. The van der Waals surface area contributed by atoms with Crippen molar-refractivity contribution >= 4 is 23.8 Å². The van der Waals surface area contributed by atoms with Crippen molar-refractivity contribution in [2.75, 3.05) is 54.1 Å². The third kappa shape index (κ3) is 4.57. The second-order valence-corrected chi connectivity index (χ2v) is 8.98. The molecule has 0 unspecified atom stereocenters. The zero-order valence-electron chi connectivity index (χ0n) is 21.0. The molecule has 3 aliphatic heterocycles. The highest BCUT2D eigenvalue weighted by atomic mass is 16.5. The highest BCUT2D eigenvalue weighted by molar-refractivity contribution is 6.03. The van der Waals surface area contributed by atoms with Crippen molar-refractivity contribution in [2.45, 2.75) is 25.8 Å². The van der Waals surface area contributed by atoms with Crippen molar-refractivity contribution in [1.29, 1.82) is 0 Å². The lowest BCUT2D eigenvalue weighted by molar-refractivity contribution is -0.152. The molecule has 4 amide bonds. The molecule has 0 spiro atoms. The fourth-order valence-electron chi connectivity index (χ4n) is 5.04. The molecule has 0 aliphatic carbocycles. The molecule has 0 radical (unpaired) electrons. The molecule has 4 rings (SSSR count). The number of esters is 1.